The van der Waals surface area contributed by atoms with Gasteiger partial charge in [-0.15, -0.1) is 0 Å². The number of likely N-dealkylation sites (N-methyl/N-ethyl adjacent to an activating group) is 1. The lowest BCUT2D eigenvalue weighted by Crippen LogP contribution is -2.40. The molecule has 0 bridgehead atoms. The maximum atomic E-state index is 15.0. The summed E-state index contributed by atoms with van der Waals surface area (Å²) in [6.07, 6.45) is -4.93. The number of amides is 1. The average molecular weight is 696 g/mol. The first-order valence-corrected chi connectivity index (χ1v) is 15.7. The summed E-state index contributed by atoms with van der Waals surface area (Å²) in [6.45, 7) is -8.42. The van der Waals surface area contributed by atoms with Crippen molar-refractivity contribution in [3.63, 3.8) is 0 Å². The van der Waals surface area contributed by atoms with Crippen LogP contribution in [0.1, 0.15) is 74.3 Å². The van der Waals surface area contributed by atoms with E-state index in [4.69, 9.17) is 15.1 Å². The van der Waals surface area contributed by atoms with Crippen molar-refractivity contribution in [2.45, 2.75) is 70.1 Å². The molecule has 0 atom stereocenters. The van der Waals surface area contributed by atoms with Crippen molar-refractivity contribution < 1.29 is 42.9 Å². The van der Waals surface area contributed by atoms with Gasteiger partial charge in [0.1, 0.15) is 12.3 Å². The second-order valence-corrected chi connectivity index (χ2v) is 11.3. The minimum absolute atomic E-state index is 0.00775. The molecule has 0 aliphatic heterocycles. The average Bonchev–Trinajstić information content (AvgIpc) is 3.67. The molecule has 11 heteroatoms. The van der Waals surface area contributed by atoms with Crippen molar-refractivity contribution in [1.29, 1.82) is 0 Å². The molecule has 4 aromatic rings. The number of carbonyl (C=O) groups excluding carboxylic acids is 1. The number of carbonyl (C=O) groups is 1. The lowest BCUT2D eigenvalue weighted by molar-refractivity contribution is -0.138. The highest BCUT2D eigenvalue weighted by Gasteiger charge is 2.32. The van der Waals surface area contributed by atoms with Gasteiger partial charge in [0.2, 0.25) is 5.91 Å². The van der Waals surface area contributed by atoms with Crippen molar-refractivity contribution in [3.05, 3.63) is 116 Å². The van der Waals surface area contributed by atoms with Crippen LogP contribution >= 0.6 is 11.8 Å². The molecule has 0 unspecified atom stereocenters. The number of hydrogen-bond acceptors (Lipinski definition) is 5. The molecular formula is C37H40F4N4O2S. The second-order valence-electron chi connectivity index (χ2n) is 10.5. The fourth-order valence-corrected chi connectivity index (χ4v) is 5.49. The molecular weight excluding hydrogens is 640 g/mol. The molecule has 1 aliphatic rings. The van der Waals surface area contributed by atoms with E-state index in [1.165, 1.54) is 13.8 Å². The summed E-state index contributed by atoms with van der Waals surface area (Å²) in [4.78, 5) is 33.1. The van der Waals surface area contributed by atoms with Gasteiger partial charge in [0.05, 0.1) is 20.6 Å². The van der Waals surface area contributed by atoms with Gasteiger partial charge in [-0.1, -0.05) is 74.0 Å². The Morgan fingerprint density at radius 2 is 1.69 bits per heavy atom. The molecule has 5 rings (SSSR count). The minimum Gasteiger partial charge on any atom is -0.336 e. The zero-order chi connectivity index (χ0) is 47.7. The van der Waals surface area contributed by atoms with E-state index in [1.54, 1.807) is 0 Å². The van der Waals surface area contributed by atoms with Gasteiger partial charge < -0.3 is 14.4 Å². The number of halogens is 4. The highest BCUT2D eigenvalue weighted by Crippen LogP contribution is 2.34. The summed E-state index contributed by atoms with van der Waals surface area (Å²) in [7, 11) is 0. The Labute approximate surface area is 303 Å². The first-order chi connectivity index (χ1) is 28.9. The normalized spacial score (nSPS) is 18.5. The topological polar surface area (TPSA) is 58.4 Å². The zero-order valence-corrected chi connectivity index (χ0v) is 26.9. The third-order valence-corrected chi connectivity index (χ3v) is 8.09. The van der Waals surface area contributed by atoms with Gasteiger partial charge in [0, 0.05) is 42.0 Å². The summed E-state index contributed by atoms with van der Waals surface area (Å²) in [6, 6.07) is -4.00. The fourth-order valence-electron chi connectivity index (χ4n) is 4.77. The van der Waals surface area contributed by atoms with Crippen LogP contribution in [0, 0.1) is 12.7 Å². The van der Waals surface area contributed by atoms with E-state index in [1.807, 2.05) is 0 Å². The van der Waals surface area contributed by atoms with E-state index in [2.05, 4.69) is 4.98 Å². The van der Waals surface area contributed by atoms with E-state index in [-0.39, 0.29) is 65.8 Å². The standard InChI is InChI=1S/C37H40F4N4O2S/c1-4-43(5-2)19-20-44(22-26-9-13-28(14-10-26)29-15-18-32(25(3)21-29)37(39,40)41)34(46)23-45-33-8-6-7-31(33)35(47)42-36(45)48-24-27-11-16-30(38)17-12-27/h9-18,21H,4-8,19-20,22-24H2,1-3H3/i9D,10D,13D,14D,15D,18D,19D2,20D2,21D,23D2,24D2. The van der Waals surface area contributed by atoms with E-state index < -0.39 is 130 Å². The maximum Gasteiger partial charge on any atom is 0.416 e. The Balaban J connectivity index is 1.77. The third kappa shape index (κ3) is 8.54. The zero-order valence-electron chi connectivity index (χ0n) is 41.1. The summed E-state index contributed by atoms with van der Waals surface area (Å²) in [5, 5.41) is -0.716. The number of hydrogen-bond donors (Lipinski definition) is 0. The fraction of sp³-hybridized carbons (Fsp3) is 0.378. The molecule has 0 saturated carbocycles. The number of rotatable bonds is 13. The molecule has 3 aromatic carbocycles. The van der Waals surface area contributed by atoms with Crippen molar-refractivity contribution in [2.75, 3.05) is 26.1 Å². The molecule has 254 valence electrons. The summed E-state index contributed by atoms with van der Waals surface area (Å²) >= 11 is 0.171. The SMILES string of the molecule is [2H]c1c([2H])c(-c2c([2H])c([2H])c(C(F)(F)F)c(C)c2[2H])c([2H])c([2H])c1CN(C(=O)C([2H])([2H])n1c(SC([2H])([2H])c2ccc(F)cc2)nc(=O)c2c1CCC2)C([2H])([2H])C([2H])([2H])N(CC)CC. The molecule has 0 N–H and O–H groups in total. The maximum absolute atomic E-state index is 15.0. The molecule has 0 fully saturated rings. The molecule has 1 heterocycles. The second kappa shape index (κ2) is 15.5. The Morgan fingerprint density at radius 3 is 2.35 bits per heavy atom. The predicted octanol–water partition coefficient (Wildman–Crippen LogP) is 7.53. The van der Waals surface area contributed by atoms with Crippen LogP contribution in [0.5, 0.6) is 0 Å². The Hall–Kier alpha value is -3.96. The first kappa shape index (κ1) is 20.5. The van der Waals surface area contributed by atoms with Gasteiger partial charge in [-0.3, -0.25) is 9.59 Å². The number of thioether (sulfide) groups is 1. The minimum atomic E-state index is -5.18. The third-order valence-electron chi connectivity index (χ3n) is 7.30. The summed E-state index contributed by atoms with van der Waals surface area (Å²) in [5.74, 6) is -2.62. The van der Waals surface area contributed by atoms with Crippen LogP contribution in [0.15, 0.2) is 76.5 Å². The van der Waals surface area contributed by atoms with Gasteiger partial charge in [0.15, 0.2) is 5.16 Å². The molecule has 1 amide bonds. The monoisotopic (exact) mass is 695 g/mol. The Morgan fingerprint density at radius 1 is 1.00 bits per heavy atom. The van der Waals surface area contributed by atoms with E-state index >= 15 is 4.79 Å². The van der Waals surface area contributed by atoms with Crippen LogP contribution in [-0.4, -0.2) is 51.3 Å². The van der Waals surface area contributed by atoms with Crippen LogP contribution < -0.4 is 5.56 Å². The van der Waals surface area contributed by atoms with Crippen LogP contribution in [0.4, 0.5) is 17.6 Å². The Kier molecular flexibility index (Phi) is 6.63. The van der Waals surface area contributed by atoms with Gasteiger partial charge >= 0.3 is 6.18 Å². The van der Waals surface area contributed by atoms with Crippen molar-refractivity contribution in [1.82, 2.24) is 19.4 Å². The highest BCUT2D eigenvalue weighted by molar-refractivity contribution is 7.98. The number of alkyl halides is 3. The number of nitrogens with zero attached hydrogens (tertiary/aromatic N) is 4. The molecule has 1 aromatic heterocycles. The Bertz CT molecular complexity index is 2480. The van der Waals surface area contributed by atoms with Gasteiger partial charge in [-0.2, -0.15) is 18.2 Å². The number of fused-ring (bicyclic) bond motifs is 1. The van der Waals surface area contributed by atoms with Gasteiger partial charge in [-0.25, -0.2) is 4.39 Å². The largest absolute Gasteiger partial charge is 0.416 e. The van der Waals surface area contributed by atoms with Crippen LogP contribution in [0.2, 0.25) is 0 Å². The molecule has 0 spiro atoms. The summed E-state index contributed by atoms with van der Waals surface area (Å²) < 4.78 is 189. The number of aromatic nitrogens is 2. The van der Waals surface area contributed by atoms with Crippen molar-refractivity contribution in [2.24, 2.45) is 0 Å². The van der Waals surface area contributed by atoms with Crippen molar-refractivity contribution >= 4 is 17.7 Å². The molecule has 6 nitrogen and oxygen atoms in total. The van der Waals surface area contributed by atoms with Gasteiger partial charge in [-0.05, 0) is 85.3 Å². The van der Waals surface area contributed by atoms with Crippen LogP contribution in [0.3, 0.4) is 0 Å². The molecule has 1 aliphatic carbocycles. The summed E-state index contributed by atoms with van der Waals surface area (Å²) in [5.41, 5.74) is -8.84. The smallest absolute Gasteiger partial charge is 0.336 e. The first-order valence-electron chi connectivity index (χ1n) is 22.4. The van der Waals surface area contributed by atoms with Gasteiger partial charge in [0.25, 0.3) is 5.56 Å². The lowest BCUT2D eigenvalue weighted by Gasteiger charge is -2.28. The molecule has 48 heavy (non-hydrogen) atoms. The van der Waals surface area contributed by atoms with Crippen LogP contribution in [-0.2, 0) is 42.6 Å². The van der Waals surface area contributed by atoms with Crippen LogP contribution in [0.25, 0.3) is 11.1 Å². The molecule has 0 radical (unpaired) electrons. The van der Waals surface area contributed by atoms with E-state index in [9.17, 15) is 27.8 Å². The number of benzene rings is 3. The van der Waals surface area contributed by atoms with E-state index in [0.29, 0.717) is 4.57 Å². The lowest BCUT2D eigenvalue weighted by atomic mass is 9.98. The van der Waals surface area contributed by atoms with E-state index in [0.717, 1.165) is 36.1 Å². The quantitative estimate of drug-likeness (QED) is 0.0823. The predicted molar refractivity (Wildman–Crippen MR) is 181 cm³/mol. The highest BCUT2D eigenvalue weighted by atomic mass is 32.2. The molecule has 0 saturated heterocycles. The van der Waals surface area contributed by atoms with Crippen molar-refractivity contribution in [3.8, 4) is 11.1 Å².